The first-order valence-corrected chi connectivity index (χ1v) is 10.7. The highest BCUT2D eigenvalue weighted by Gasteiger charge is 2.60. The van der Waals surface area contributed by atoms with Crippen molar-refractivity contribution in [1.29, 1.82) is 0 Å². The van der Waals surface area contributed by atoms with Crippen molar-refractivity contribution in [3.63, 3.8) is 0 Å². The van der Waals surface area contributed by atoms with Crippen molar-refractivity contribution in [3.8, 4) is 5.75 Å². The van der Waals surface area contributed by atoms with E-state index in [-0.39, 0.29) is 11.8 Å². The average molecular weight is 429 g/mol. The van der Waals surface area contributed by atoms with E-state index in [1.807, 2.05) is 49.4 Å². The third-order valence-electron chi connectivity index (χ3n) is 5.72. The van der Waals surface area contributed by atoms with Crippen LogP contribution in [0.1, 0.15) is 24.9 Å². The Morgan fingerprint density at radius 2 is 1.72 bits per heavy atom. The number of carbonyl (C=O) groups excluding carboxylic acids is 2. The van der Waals surface area contributed by atoms with Crippen LogP contribution in [-0.4, -0.2) is 29.5 Å². The largest absolute Gasteiger partial charge is 0.494 e. The predicted molar refractivity (Wildman–Crippen MR) is 119 cm³/mol. The number of imide groups is 1. The number of hydrogen-bond donors (Lipinski definition) is 0. The highest BCUT2D eigenvalue weighted by atomic mass is 16.7. The van der Waals surface area contributed by atoms with Crippen molar-refractivity contribution in [1.82, 2.24) is 4.98 Å². The van der Waals surface area contributed by atoms with Crippen LogP contribution in [0.5, 0.6) is 5.75 Å². The molecule has 0 bridgehead atoms. The molecule has 7 nitrogen and oxygen atoms in total. The van der Waals surface area contributed by atoms with E-state index in [4.69, 9.17) is 9.57 Å². The van der Waals surface area contributed by atoms with Crippen LogP contribution in [0, 0.1) is 5.92 Å². The third-order valence-corrected chi connectivity index (χ3v) is 5.72. The topological polar surface area (TPSA) is 72.0 Å². The number of rotatable bonds is 6. The summed E-state index contributed by atoms with van der Waals surface area (Å²) in [5.41, 5.74) is 2.11. The average Bonchev–Trinajstić information content (AvgIpc) is 3.35. The van der Waals surface area contributed by atoms with E-state index in [0.29, 0.717) is 18.0 Å². The second-order valence-corrected chi connectivity index (χ2v) is 7.80. The number of benzene rings is 2. The molecule has 2 amide bonds. The normalized spacial score (nSPS) is 22.3. The fourth-order valence-electron chi connectivity index (χ4n) is 4.27. The molecule has 2 aromatic carbocycles. The summed E-state index contributed by atoms with van der Waals surface area (Å²) < 4.78 is 5.61. The van der Waals surface area contributed by atoms with Gasteiger partial charge in [0.1, 0.15) is 11.7 Å². The summed E-state index contributed by atoms with van der Waals surface area (Å²) in [6.45, 7) is 2.65. The maximum atomic E-state index is 13.6. The minimum absolute atomic E-state index is 0.283. The van der Waals surface area contributed by atoms with Crippen LogP contribution in [0.25, 0.3) is 0 Å². The number of hydroxylamine groups is 1. The van der Waals surface area contributed by atoms with Gasteiger partial charge >= 0.3 is 0 Å². The minimum atomic E-state index is -0.899. The van der Waals surface area contributed by atoms with E-state index in [9.17, 15) is 9.59 Å². The Hall–Kier alpha value is -3.71. The molecule has 0 spiro atoms. The van der Waals surface area contributed by atoms with E-state index in [0.717, 1.165) is 17.7 Å². The Morgan fingerprint density at radius 1 is 0.938 bits per heavy atom. The number of aromatic nitrogens is 1. The van der Waals surface area contributed by atoms with Crippen LogP contribution in [0.4, 0.5) is 11.4 Å². The Kier molecular flexibility index (Phi) is 5.33. The van der Waals surface area contributed by atoms with Gasteiger partial charge in [0, 0.05) is 12.4 Å². The van der Waals surface area contributed by atoms with Gasteiger partial charge in [-0.25, -0.2) is 9.96 Å². The lowest BCUT2D eigenvalue weighted by molar-refractivity contribution is -0.126. The second-order valence-electron chi connectivity index (χ2n) is 7.80. The van der Waals surface area contributed by atoms with E-state index < -0.39 is 18.1 Å². The zero-order valence-corrected chi connectivity index (χ0v) is 17.6. The molecule has 3 aromatic rings. The molecule has 2 fully saturated rings. The molecule has 2 aliphatic heterocycles. The molecule has 1 aromatic heterocycles. The van der Waals surface area contributed by atoms with Crippen molar-refractivity contribution >= 4 is 23.2 Å². The molecule has 0 saturated carbocycles. The highest BCUT2D eigenvalue weighted by molar-refractivity contribution is 6.23. The van der Waals surface area contributed by atoms with Gasteiger partial charge in [-0.15, -0.1) is 0 Å². The summed E-state index contributed by atoms with van der Waals surface area (Å²) >= 11 is 0. The first-order chi connectivity index (χ1) is 15.7. The SMILES string of the molecule is CCCOc1ccc(N2C(=O)[C@H]3[C@H](ON(c4ccccc4)[C@@H]3c3cccnc3)C2=O)cc1. The Labute approximate surface area is 186 Å². The molecule has 162 valence electrons. The number of ether oxygens (including phenoxy) is 1. The summed E-state index contributed by atoms with van der Waals surface area (Å²) in [6.07, 6.45) is 3.40. The molecule has 3 atom stereocenters. The highest BCUT2D eigenvalue weighted by Crippen LogP contribution is 2.47. The second kappa shape index (κ2) is 8.43. The van der Waals surface area contributed by atoms with Gasteiger partial charge < -0.3 is 4.74 Å². The van der Waals surface area contributed by atoms with E-state index >= 15 is 0 Å². The van der Waals surface area contributed by atoms with Gasteiger partial charge in [-0.3, -0.25) is 19.4 Å². The zero-order valence-electron chi connectivity index (χ0n) is 17.6. The molecule has 0 unspecified atom stereocenters. The number of hydrogen-bond acceptors (Lipinski definition) is 6. The molecule has 0 aliphatic carbocycles. The van der Waals surface area contributed by atoms with E-state index in [1.54, 1.807) is 41.7 Å². The summed E-state index contributed by atoms with van der Waals surface area (Å²) in [5, 5.41) is 1.67. The van der Waals surface area contributed by atoms with Gasteiger partial charge in [0.15, 0.2) is 6.10 Å². The lowest BCUT2D eigenvalue weighted by Gasteiger charge is -2.28. The summed E-state index contributed by atoms with van der Waals surface area (Å²) in [7, 11) is 0. The molecular weight excluding hydrogens is 406 g/mol. The summed E-state index contributed by atoms with van der Waals surface area (Å²) in [4.78, 5) is 38.4. The number of anilines is 2. The number of carbonyl (C=O) groups is 2. The van der Waals surface area contributed by atoms with Crippen molar-refractivity contribution in [3.05, 3.63) is 84.7 Å². The van der Waals surface area contributed by atoms with Gasteiger partial charge in [0.25, 0.3) is 5.91 Å². The van der Waals surface area contributed by atoms with Gasteiger partial charge in [0.2, 0.25) is 5.91 Å². The predicted octanol–water partition coefficient (Wildman–Crippen LogP) is 3.92. The van der Waals surface area contributed by atoms with E-state index in [2.05, 4.69) is 4.98 Å². The number of nitrogens with zero attached hydrogens (tertiary/aromatic N) is 3. The van der Waals surface area contributed by atoms with Gasteiger partial charge in [-0.1, -0.05) is 31.2 Å². The fourth-order valence-corrected chi connectivity index (χ4v) is 4.27. The molecule has 2 aliphatic rings. The van der Waals surface area contributed by atoms with Crippen LogP contribution in [0.15, 0.2) is 79.1 Å². The van der Waals surface area contributed by atoms with Gasteiger partial charge in [0.05, 0.1) is 24.0 Å². The quantitative estimate of drug-likeness (QED) is 0.553. The Morgan fingerprint density at radius 3 is 2.41 bits per heavy atom. The molecule has 0 N–H and O–H groups in total. The smallest absolute Gasteiger partial charge is 0.266 e. The van der Waals surface area contributed by atoms with Crippen LogP contribution < -0.4 is 14.7 Å². The molecule has 2 saturated heterocycles. The van der Waals surface area contributed by atoms with Gasteiger partial charge in [-0.2, -0.15) is 0 Å². The monoisotopic (exact) mass is 429 g/mol. The molecule has 0 radical (unpaired) electrons. The number of amides is 2. The van der Waals surface area contributed by atoms with Crippen molar-refractivity contribution in [2.75, 3.05) is 16.6 Å². The van der Waals surface area contributed by atoms with Crippen LogP contribution in [-0.2, 0) is 14.4 Å². The first kappa shape index (κ1) is 20.2. The lowest BCUT2D eigenvalue weighted by Crippen LogP contribution is -2.37. The Bertz CT molecular complexity index is 1110. The third kappa shape index (κ3) is 3.40. The molecule has 3 heterocycles. The first-order valence-electron chi connectivity index (χ1n) is 10.7. The fraction of sp³-hybridized carbons (Fsp3) is 0.240. The van der Waals surface area contributed by atoms with Gasteiger partial charge in [-0.05, 0) is 54.4 Å². The van der Waals surface area contributed by atoms with Crippen LogP contribution in [0.3, 0.4) is 0 Å². The number of para-hydroxylation sites is 1. The van der Waals surface area contributed by atoms with Crippen LogP contribution in [0.2, 0.25) is 0 Å². The lowest BCUT2D eigenvalue weighted by atomic mass is 9.91. The minimum Gasteiger partial charge on any atom is -0.494 e. The van der Waals surface area contributed by atoms with Crippen LogP contribution >= 0.6 is 0 Å². The molecule has 32 heavy (non-hydrogen) atoms. The maximum absolute atomic E-state index is 13.6. The van der Waals surface area contributed by atoms with Crippen molar-refractivity contribution in [2.45, 2.75) is 25.5 Å². The molecular formula is C25H23N3O4. The van der Waals surface area contributed by atoms with Crippen molar-refractivity contribution < 1.29 is 19.2 Å². The number of fused-ring (bicyclic) bond motifs is 1. The maximum Gasteiger partial charge on any atom is 0.266 e. The standard InChI is InChI=1S/C25H23N3O4/c1-2-15-31-20-12-10-18(11-13-20)27-24(29)21-22(17-7-6-14-26-16-17)28(32-23(21)25(27)30)19-8-4-3-5-9-19/h3-14,16,21-23H,2,15H2,1H3/t21-,22-,23+/m1/s1. The summed E-state index contributed by atoms with van der Waals surface area (Å²) in [5.74, 6) is -0.624. The van der Waals surface area contributed by atoms with Crippen molar-refractivity contribution in [2.24, 2.45) is 5.92 Å². The molecule has 5 rings (SSSR count). The zero-order chi connectivity index (χ0) is 22.1. The Balaban J connectivity index is 1.49. The summed E-state index contributed by atoms with van der Waals surface area (Å²) in [6, 6.07) is 19.8. The molecule has 7 heteroatoms. The van der Waals surface area contributed by atoms with E-state index in [1.165, 1.54) is 4.90 Å². The number of pyridine rings is 1.